The molecule has 0 aliphatic carbocycles. The van der Waals surface area contributed by atoms with E-state index in [-0.39, 0.29) is 12.6 Å². The van der Waals surface area contributed by atoms with Gasteiger partial charge in [-0.05, 0) is 27.7 Å². The normalized spacial score (nSPS) is 14.2. The molecule has 6 nitrogen and oxygen atoms in total. The number of hydrogen-bond donors (Lipinski definition) is 1. The van der Waals surface area contributed by atoms with Crippen LogP contribution in [0.4, 0.5) is 4.79 Å². The van der Waals surface area contributed by atoms with Gasteiger partial charge in [0.15, 0.2) is 0 Å². The number of carbonyl (C=O) groups excluding carboxylic acids is 1. The molecule has 0 aliphatic heterocycles. The van der Waals surface area contributed by atoms with E-state index in [1.807, 2.05) is 0 Å². The molecular formula is C10H22N2O4S. The maximum absolute atomic E-state index is 11.6. The van der Waals surface area contributed by atoms with Crippen molar-refractivity contribution in [2.24, 2.45) is 0 Å². The summed E-state index contributed by atoms with van der Waals surface area (Å²) < 4.78 is 29.5. The Morgan fingerprint density at radius 2 is 1.88 bits per heavy atom. The minimum absolute atomic E-state index is 0.252. The SMILES string of the molecule is CC(CN(C)C(=O)OC(C)(C)C)NS(C)(=O)=O. The highest BCUT2D eigenvalue weighted by Gasteiger charge is 2.21. The van der Waals surface area contributed by atoms with Gasteiger partial charge in [-0.15, -0.1) is 0 Å². The minimum atomic E-state index is -3.26. The van der Waals surface area contributed by atoms with Crippen molar-refractivity contribution in [3.63, 3.8) is 0 Å². The Morgan fingerprint density at radius 1 is 1.41 bits per heavy atom. The Bertz CT molecular complexity index is 359. The fourth-order valence-corrected chi connectivity index (χ4v) is 2.03. The van der Waals surface area contributed by atoms with E-state index in [4.69, 9.17) is 4.74 Å². The molecule has 0 aromatic heterocycles. The second-order valence-corrected chi connectivity index (χ2v) is 6.93. The molecule has 1 atom stereocenters. The average Bonchev–Trinajstić information content (AvgIpc) is 1.95. The molecule has 0 rings (SSSR count). The molecule has 0 heterocycles. The summed E-state index contributed by atoms with van der Waals surface area (Å²) in [6.07, 6.45) is 0.608. The zero-order chi connectivity index (χ0) is 13.9. The van der Waals surface area contributed by atoms with Gasteiger partial charge >= 0.3 is 6.09 Å². The van der Waals surface area contributed by atoms with E-state index < -0.39 is 21.7 Å². The molecule has 1 amide bonds. The quantitative estimate of drug-likeness (QED) is 0.816. The van der Waals surface area contributed by atoms with Crippen molar-refractivity contribution in [2.45, 2.75) is 39.3 Å². The van der Waals surface area contributed by atoms with Crippen molar-refractivity contribution in [3.8, 4) is 0 Å². The Labute approximate surface area is 103 Å². The number of carbonyl (C=O) groups is 1. The molecule has 0 aliphatic rings. The lowest BCUT2D eigenvalue weighted by Crippen LogP contribution is -2.43. The number of amides is 1. The van der Waals surface area contributed by atoms with Gasteiger partial charge in [0, 0.05) is 19.6 Å². The third kappa shape index (κ3) is 8.93. The summed E-state index contributed by atoms with van der Waals surface area (Å²) in [7, 11) is -1.69. The van der Waals surface area contributed by atoms with Gasteiger partial charge in [0.25, 0.3) is 0 Å². The zero-order valence-electron chi connectivity index (χ0n) is 11.3. The first-order valence-corrected chi connectivity index (χ1v) is 7.21. The maximum atomic E-state index is 11.6. The highest BCUT2D eigenvalue weighted by molar-refractivity contribution is 7.88. The molecule has 1 N–H and O–H groups in total. The lowest BCUT2D eigenvalue weighted by atomic mass is 10.2. The zero-order valence-corrected chi connectivity index (χ0v) is 12.1. The Kier molecular flexibility index (Phi) is 5.41. The molecule has 0 aromatic rings. The number of nitrogens with one attached hydrogen (secondary N) is 1. The van der Waals surface area contributed by atoms with Crippen LogP contribution in [0.15, 0.2) is 0 Å². The van der Waals surface area contributed by atoms with Gasteiger partial charge in [0.2, 0.25) is 10.0 Å². The number of hydrogen-bond acceptors (Lipinski definition) is 4. The number of ether oxygens (including phenoxy) is 1. The molecule has 102 valence electrons. The molecule has 0 spiro atoms. The highest BCUT2D eigenvalue weighted by Crippen LogP contribution is 2.09. The predicted octanol–water partition coefficient (Wildman–Crippen LogP) is 0.791. The van der Waals surface area contributed by atoms with Crippen molar-refractivity contribution in [2.75, 3.05) is 19.8 Å². The van der Waals surface area contributed by atoms with Crippen LogP contribution in [0.2, 0.25) is 0 Å². The number of sulfonamides is 1. The van der Waals surface area contributed by atoms with Gasteiger partial charge in [0.1, 0.15) is 5.60 Å². The molecule has 0 bridgehead atoms. The second kappa shape index (κ2) is 5.68. The first-order valence-electron chi connectivity index (χ1n) is 5.32. The van der Waals surface area contributed by atoms with E-state index in [2.05, 4.69) is 4.72 Å². The average molecular weight is 266 g/mol. The smallest absolute Gasteiger partial charge is 0.410 e. The summed E-state index contributed by atoms with van der Waals surface area (Å²) in [6, 6.07) is -0.359. The van der Waals surface area contributed by atoms with Crippen LogP contribution < -0.4 is 4.72 Å². The van der Waals surface area contributed by atoms with Crippen molar-refractivity contribution in [1.82, 2.24) is 9.62 Å². The van der Waals surface area contributed by atoms with E-state index >= 15 is 0 Å². The summed E-state index contributed by atoms with van der Waals surface area (Å²) in [4.78, 5) is 12.9. The minimum Gasteiger partial charge on any atom is -0.444 e. The number of rotatable bonds is 4. The van der Waals surface area contributed by atoms with Gasteiger partial charge in [-0.3, -0.25) is 0 Å². The first-order chi connectivity index (χ1) is 7.41. The molecule has 0 fully saturated rings. The summed E-state index contributed by atoms with van der Waals surface area (Å²) in [5.74, 6) is 0. The van der Waals surface area contributed by atoms with Gasteiger partial charge < -0.3 is 9.64 Å². The van der Waals surface area contributed by atoms with E-state index in [9.17, 15) is 13.2 Å². The topological polar surface area (TPSA) is 75.7 Å². The molecule has 17 heavy (non-hydrogen) atoms. The summed E-state index contributed by atoms with van der Waals surface area (Å²) in [5, 5.41) is 0. The van der Waals surface area contributed by atoms with Gasteiger partial charge in [-0.1, -0.05) is 0 Å². The first kappa shape index (κ1) is 16.2. The molecule has 0 radical (unpaired) electrons. The largest absolute Gasteiger partial charge is 0.444 e. The molecule has 7 heteroatoms. The standard InChI is InChI=1S/C10H22N2O4S/c1-8(11-17(6,14)15)7-12(5)9(13)16-10(2,3)4/h8,11H,7H2,1-6H3. The lowest BCUT2D eigenvalue weighted by Gasteiger charge is -2.26. The Balaban J connectivity index is 4.26. The van der Waals surface area contributed by atoms with Crippen LogP contribution in [0.1, 0.15) is 27.7 Å². The highest BCUT2D eigenvalue weighted by atomic mass is 32.2. The van der Waals surface area contributed by atoms with Crippen LogP contribution in [0.5, 0.6) is 0 Å². The van der Waals surface area contributed by atoms with Gasteiger partial charge in [0.05, 0.1) is 6.26 Å². The lowest BCUT2D eigenvalue weighted by molar-refractivity contribution is 0.0289. The molecule has 0 saturated heterocycles. The van der Waals surface area contributed by atoms with Gasteiger partial charge in [-0.2, -0.15) is 0 Å². The molecular weight excluding hydrogens is 244 g/mol. The van der Waals surface area contributed by atoms with E-state index in [0.29, 0.717) is 0 Å². The fourth-order valence-electron chi connectivity index (χ4n) is 1.23. The summed E-state index contributed by atoms with van der Waals surface area (Å²) in [5.41, 5.74) is -0.557. The van der Waals surface area contributed by atoms with E-state index in [1.165, 1.54) is 4.90 Å². The third-order valence-electron chi connectivity index (χ3n) is 1.67. The number of nitrogens with zero attached hydrogens (tertiary/aromatic N) is 1. The van der Waals surface area contributed by atoms with Crippen molar-refractivity contribution in [1.29, 1.82) is 0 Å². The van der Waals surface area contributed by atoms with Crippen LogP contribution in [0.25, 0.3) is 0 Å². The van der Waals surface area contributed by atoms with Crippen molar-refractivity contribution in [3.05, 3.63) is 0 Å². The Morgan fingerprint density at radius 3 is 2.24 bits per heavy atom. The van der Waals surface area contributed by atoms with E-state index in [1.54, 1.807) is 34.7 Å². The van der Waals surface area contributed by atoms with Crippen LogP contribution in [0, 0.1) is 0 Å². The second-order valence-electron chi connectivity index (χ2n) is 5.15. The fraction of sp³-hybridized carbons (Fsp3) is 0.900. The molecule has 0 saturated carbocycles. The Hall–Kier alpha value is -0.820. The van der Waals surface area contributed by atoms with Crippen LogP contribution >= 0.6 is 0 Å². The predicted molar refractivity (Wildman–Crippen MR) is 66.3 cm³/mol. The van der Waals surface area contributed by atoms with Gasteiger partial charge in [-0.25, -0.2) is 17.9 Å². The van der Waals surface area contributed by atoms with Crippen LogP contribution in [-0.2, 0) is 14.8 Å². The number of likely N-dealkylation sites (N-methyl/N-ethyl adjacent to an activating group) is 1. The monoisotopic (exact) mass is 266 g/mol. The van der Waals surface area contributed by atoms with E-state index in [0.717, 1.165) is 6.26 Å². The third-order valence-corrected chi connectivity index (χ3v) is 2.50. The van der Waals surface area contributed by atoms with Crippen LogP contribution in [0.3, 0.4) is 0 Å². The van der Waals surface area contributed by atoms with Crippen molar-refractivity contribution < 1.29 is 17.9 Å². The van der Waals surface area contributed by atoms with Crippen LogP contribution in [-0.4, -0.2) is 50.9 Å². The van der Waals surface area contributed by atoms with Crippen molar-refractivity contribution >= 4 is 16.1 Å². The summed E-state index contributed by atoms with van der Waals surface area (Å²) in [6.45, 7) is 7.26. The maximum Gasteiger partial charge on any atom is 0.410 e. The molecule has 1 unspecified atom stereocenters. The molecule has 0 aromatic carbocycles. The summed E-state index contributed by atoms with van der Waals surface area (Å²) >= 11 is 0.